The van der Waals surface area contributed by atoms with Gasteiger partial charge in [-0.25, -0.2) is 0 Å². The summed E-state index contributed by atoms with van der Waals surface area (Å²) in [5.74, 6) is -0.386. The average Bonchev–Trinajstić information content (AvgIpc) is 3.43. The Morgan fingerprint density at radius 3 is 2.53 bits per heavy atom. The number of aliphatic hydroxyl groups excluding tert-OH is 1. The quantitative estimate of drug-likeness (QED) is 0.369. The number of aromatic nitrogens is 1. The highest BCUT2D eigenvalue weighted by molar-refractivity contribution is 7.10. The van der Waals surface area contributed by atoms with Gasteiger partial charge >= 0.3 is 5.91 Å². The van der Waals surface area contributed by atoms with Crippen molar-refractivity contribution in [3.05, 3.63) is 69.6 Å². The van der Waals surface area contributed by atoms with Gasteiger partial charge in [-0.2, -0.15) is 0 Å². The van der Waals surface area contributed by atoms with E-state index in [-0.39, 0.29) is 23.3 Å². The molecule has 2 aromatic heterocycles. The molecule has 1 aliphatic rings. The number of ether oxygens (including phenoxy) is 1. The van der Waals surface area contributed by atoms with Gasteiger partial charge in [0, 0.05) is 16.5 Å². The number of thiophene rings is 1. The van der Waals surface area contributed by atoms with E-state index in [9.17, 15) is 14.7 Å². The van der Waals surface area contributed by atoms with Crippen LogP contribution >= 0.6 is 11.3 Å². The SMILES string of the molecule is Cc1cc(N2C(=O)C(=O)C(=C(O)c3ccc(OC(C)C)cc3)C2c2cccs2)no1. The van der Waals surface area contributed by atoms with Crippen LogP contribution < -0.4 is 9.64 Å². The van der Waals surface area contributed by atoms with Crippen molar-refractivity contribution in [2.75, 3.05) is 4.90 Å². The number of hydrogen-bond donors (Lipinski definition) is 1. The van der Waals surface area contributed by atoms with E-state index in [4.69, 9.17) is 9.26 Å². The standard InChI is InChI=1S/C22H20N2O5S/c1-12(2)28-15-8-6-14(7-9-15)20(25)18-19(16-5-4-10-30-16)24(22(27)21(18)26)17-11-13(3)29-23-17/h4-12,19,25H,1-3H3. The van der Waals surface area contributed by atoms with Crippen molar-refractivity contribution in [1.29, 1.82) is 0 Å². The van der Waals surface area contributed by atoms with Crippen molar-refractivity contribution >= 4 is 34.6 Å². The molecular formula is C22H20N2O5S. The fraction of sp³-hybridized carbons (Fsp3) is 0.227. The first-order valence-corrected chi connectivity index (χ1v) is 10.3. The lowest BCUT2D eigenvalue weighted by Gasteiger charge is -2.21. The Balaban J connectivity index is 1.82. The van der Waals surface area contributed by atoms with Crippen molar-refractivity contribution in [2.24, 2.45) is 0 Å². The summed E-state index contributed by atoms with van der Waals surface area (Å²) in [5, 5.41) is 16.8. The maximum Gasteiger partial charge on any atom is 0.301 e. The summed E-state index contributed by atoms with van der Waals surface area (Å²) in [6, 6.07) is 11.2. The van der Waals surface area contributed by atoms with E-state index in [0.29, 0.717) is 17.1 Å². The van der Waals surface area contributed by atoms with E-state index >= 15 is 0 Å². The van der Waals surface area contributed by atoms with E-state index in [0.717, 1.165) is 4.88 Å². The highest BCUT2D eigenvalue weighted by Gasteiger charge is 2.48. The molecular weight excluding hydrogens is 404 g/mol. The molecule has 4 rings (SSSR count). The van der Waals surface area contributed by atoms with Crippen LogP contribution in [-0.2, 0) is 9.59 Å². The van der Waals surface area contributed by atoms with Crippen LogP contribution in [0.3, 0.4) is 0 Å². The van der Waals surface area contributed by atoms with Crippen LogP contribution in [0.25, 0.3) is 5.76 Å². The third-order valence-electron chi connectivity index (χ3n) is 4.62. The normalized spacial score (nSPS) is 18.4. The van der Waals surface area contributed by atoms with Crippen LogP contribution in [0.5, 0.6) is 5.75 Å². The summed E-state index contributed by atoms with van der Waals surface area (Å²) < 4.78 is 10.7. The van der Waals surface area contributed by atoms with E-state index in [1.54, 1.807) is 37.3 Å². The summed E-state index contributed by atoms with van der Waals surface area (Å²) in [6.45, 7) is 5.54. The zero-order valence-electron chi connectivity index (χ0n) is 16.7. The van der Waals surface area contributed by atoms with Gasteiger partial charge in [-0.1, -0.05) is 11.2 Å². The molecule has 0 bridgehead atoms. The maximum absolute atomic E-state index is 12.9. The number of ketones is 1. The predicted molar refractivity (Wildman–Crippen MR) is 113 cm³/mol. The number of Topliss-reactive ketones (excluding diaryl/α,β-unsaturated/α-hetero) is 1. The third kappa shape index (κ3) is 3.50. The Morgan fingerprint density at radius 1 is 1.23 bits per heavy atom. The predicted octanol–water partition coefficient (Wildman–Crippen LogP) is 4.46. The minimum absolute atomic E-state index is 0.0134. The summed E-state index contributed by atoms with van der Waals surface area (Å²) in [5.41, 5.74) is 0.433. The molecule has 8 heteroatoms. The molecule has 0 spiro atoms. The first-order chi connectivity index (χ1) is 14.4. The van der Waals surface area contributed by atoms with Crippen molar-refractivity contribution in [1.82, 2.24) is 5.16 Å². The van der Waals surface area contributed by atoms with E-state index < -0.39 is 17.7 Å². The highest BCUT2D eigenvalue weighted by atomic mass is 32.1. The molecule has 0 saturated carbocycles. The van der Waals surface area contributed by atoms with E-state index in [1.807, 2.05) is 31.4 Å². The van der Waals surface area contributed by atoms with Crippen molar-refractivity contribution < 1.29 is 24.0 Å². The van der Waals surface area contributed by atoms with Crippen molar-refractivity contribution in [3.63, 3.8) is 0 Å². The van der Waals surface area contributed by atoms with Crippen LogP contribution in [0.4, 0.5) is 5.82 Å². The maximum atomic E-state index is 12.9. The largest absolute Gasteiger partial charge is 0.507 e. The number of nitrogens with zero attached hydrogens (tertiary/aromatic N) is 2. The minimum atomic E-state index is -0.791. The molecule has 0 radical (unpaired) electrons. The molecule has 1 unspecified atom stereocenters. The number of benzene rings is 1. The fourth-order valence-corrected chi connectivity index (χ4v) is 4.19. The molecule has 3 aromatic rings. The Bertz CT molecular complexity index is 1110. The monoisotopic (exact) mass is 424 g/mol. The second-order valence-corrected chi connectivity index (χ2v) is 8.15. The lowest BCUT2D eigenvalue weighted by atomic mass is 10.00. The van der Waals surface area contributed by atoms with Gasteiger partial charge in [-0.15, -0.1) is 11.3 Å². The molecule has 1 aromatic carbocycles. The summed E-state index contributed by atoms with van der Waals surface area (Å²) >= 11 is 1.39. The minimum Gasteiger partial charge on any atom is -0.507 e. The third-order valence-corrected chi connectivity index (χ3v) is 5.54. The number of rotatable bonds is 5. The van der Waals surface area contributed by atoms with Crippen LogP contribution in [0.2, 0.25) is 0 Å². The molecule has 1 fully saturated rings. The van der Waals surface area contributed by atoms with Gasteiger partial charge in [0.2, 0.25) is 0 Å². The molecule has 7 nitrogen and oxygen atoms in total. The molecule has 1 amide bonds. The molecule has 1 saturated heterocycles. The molecule has 0 aliphatic carbocycles. The van der Waals surface area contributed by atoms with Gasteiger partial charge in [-0.3, -0.25) is 14.5 Å². The van der Waals surface area contributed by atoms with Gasteiger partial charge in [0.1, 0.15) is 23.3 Å². The lowest BCUT2D eigenvalue weighted by Crippen LogP contribution is -2.29. The number of anilines is 1. The summed E-state index contributed by atoms with van der Waals surface area (Å²) in [6.07, 6.45) is 0.0134. The molecule has 154 valence electrons. The van der Waals surface area contributed by atoms with Gasteiger partial charge in [0.05, 0.1) is 11.7 Å². The van der Waals surface area contributed by atoms with Gasteiger partial charge < -0.3 is 14.4 Å². The Labute approximate surface area is 177 Å². The Kier molecular flexibility index (Phi) is 5.17. The van der Waals surface area contributed by atoms with Crippen LogP contribution in [-0.4, -0.2) is 28.1 Å². The Morgan fingerprint density at radius 2 is 1.97 bits per heavy atom. The average molecular weight is 424 g/mol. The number of hydrogen-bond acceptors (Lipinski definition) is 7. The van der Waals surface area contributed by atoms with Gasteiger partial charge in [0.15, 0.2) is 5.82 Å². The smallest absolute Gasteiger partial charge is 0.301 e. The number of carbonyl (C=O) groups is 2. The first-order valence-electron chi connectivity index (χ1n) is 9.41. The fourth-order valence-electron chi connectivity index (χ4n) is 3.37. The van der Waals surface area contributed by atoms with Crippen LogP contribution in [0, 0.1) is 6.92 Å². The molecule has 1 atom stereocenters. The number of aryl methyl sites for hydroxylation is 1. The van der Waals surface area contributed by atoms with Crippen molar-refractivity contribution in [2.45, 2.75) is 32.9 Å². The second kappa shape index (κ2) is 7.79. The van der Waals surface area contributed by atoms with Gasteiger partial charge in [0.25, 0.3) is 5.78 Å². The lowest BCUT2D eigenvalue weighted by molar-refractivity contribution is -0.132. The van der Waals surface area contributed by atoms with Crippen LogP contribution in [0.1, 0.15) is 36.1 Å². The zero-order valence-corrected chi connectivity index (χ0v) is 17.5. The van der Waals surface area contributed by atoms with Crippen molar-refractivity contribution in [3.8, 4) is 5.75 Å². The topological polar surface area (TPSA) is 92.9 Å². The zero-order chi connectivity index (χ0) is 21.4. The number of amides is 1. The number of carbonyl (C=O) groups excluding carboxylic acids is 2. The number of aliphatic hydroxyl groups is 1. The molecule has 3 heterocycles. The molecule has 1 N–H and O–H groups in total. The van der Waals surface area contributed by atoms with E-state index in [2.05, 4.69) is 5.16 Å². The molecule has 1 aliphatic heterocycles. The second-order valence-electron chi connectivity index (χ2n) is 7.17. The van der Waals surface area contributed by atoms with Gasteiger partial charge in [-0.05, 0) is 56.5 Å². The highest BCUT2D eigenvalue weighted by Crippen LogP contribution is 2.43. The van der Waals surface area contributed by atoms with Crippen LogP contribution in [0.15, 0.2) is 57.9 Å². The van der Waals surface area contributed by atoms with E-state index in [1.165, 1.54) is 16.2 Å². The Hall–Kier alpha value is -3.39. The molecule has 30 heavy (non-hydrogen) atoms. The summed E-state index contributed by atoms with van der Waals surface area (Å²) in [7, 11) is 0. The first kappa shape index (κ1) is 19.9. The summed E-state index contributed by atoms with van der Waals surface area (Å²) in [4.78, 5) is 27.8.